The van der Waals surface area contributed by atoms with Crippen LogP contribution in [-0.4, -0.2) is 51.5 Å². The molecule has 1 fully saturated rings. The molecule has 0 bridgehead atoms. The number of fused-ring (bicyclic) bond motifs is 1. The van der Waals surface area contributed by atoms with E-state index in [1.165, 1.54) is 15.9 Å². The lowest BCUT2D eigenvalue weighted by atomic mass is 10.0. The number of carbonyl (C=O) groups is 2. The van der Waals surface area contributed by atoms with Gasteiger partial charge in [-0.2, -0.15) is 4.98 Å². The topological polar surface area (TPSA) is 98.5 Å². The van der Waals surface area contributed by atoms with Gasteiger partial charge in [0.05, 0.1) is 12.0 Å². The largest absolute Gasteiger partial charge is 0.508 e. The summed E-state index contributed by atoms with van der Waals surface area (Å²) in [5.74, 6) is -2.73. The van der Waals surface area contributed by atoms with Gasteiger partial charge in [-0.25, -0.2) is 27.8 Å². The Morgan fingerprint density at radius 3 is 2.44 bits per heavy atom. The van der Waals surface area contributed by atoms with Crippen LogP contribution in [0.5, 0.6) is 5.88 Å². The number of aromatic nitrogens is 2. The maximum atomic E-state index is 15.5. The van der Waals surface area contributed by atoms with Crippen LogP contribution in [0.25, 0.3) is 15.7 Å². The standard InChI is InChI=1S/C29H28F3N5O5S/c1-15-12-16(8-9-20(15)33-7)36-25(38)29(5,6)37(26(36)43)17-13-18-21(19(30)14-17)34-23(22(31)32)35-24(18)40-10-11-41-27(39)42-28(2,3)4/h8-9,12-14,22H,10-11H2,1-6H3. The Bertz CT molecular complexity index is 1670. The third-order valence-corrected chi connectivity index (χ3v) is 6.70. The number of anilines is 2. The lowest BCUT2D eigenvalue weighted by Gasteiger charge is -2.29. The summed E-state index contributed by atoms with van der Waals surface area (Å²) in [6.45, 7) is 16.5. The summed E-state index contributed by atoms with van der Waals surface area (Å²) >= 11 is 5.68. The van der Waals surface area contributed by atoms with Crippen LogP contribution in [0.15, 0.2) is 30.3 Å². The van der Waals surface area contributed by atoms with Crippen LogP contribution in [0, 0.1) is 19.3 Å². The molecule has 2 heterocycles. The van der Waals surface area contributed by atoms with Crippen molar-refractivity contribution in [3.63, 3.8) is 0 Å². The van der Waals surface area contributed by atoms with Crippen LogP contribution < -0.4 is 14.5 Å². The molecule has 0 unspecified atom stereocenters. The first-order valence-corrected chi connectivity index (χ1v) is 13.4. The van der Waals surface area contributed by atoms with Crippen LogP contribution in [0.1, 0.15) is 52.4 Å². The van der Waals surface area contributed by atoms with E-state index in [0.29, 0.717) is 16.9 Å². The highest BCUT2D eigenvalue weighted by Crippen LogP contribution is 2.40. The van der Waals surface area contributed by atoms with Crippen LogP contribution in [0.3, 0.4) is 0 Å². The number of benzene rings is 2. The fourth-order valence-electron chi connectivity index (χ4n) is 4.41. The van der Waals surface area contributed by atoms with Gasteiger partial charge in [-0.3, -0.25) is 9.69 Å². The number of amides is 1. The van der Waals surface area contributed by atoms with Crippen molar-refractivity contribution in [2.24, 2.45) is 0 Å². The predicted molar refractivity (Wildman–Crippen MR) is 156 cm³/mol. The van der Waals surface area contributed by atoms with E-state index in [1.54, 1.807) is 59.7 Å². The van der Waals surface area contributed by atoms with Gasteiger partial charge in [0.1, 0.15) is 29.9 Å². The summed E-state index contributed by atoms with van der Waals surface area (Å²) in [6.07, 6.45) is -4.08. The molecule has 0 N–H and O–H groups in total. The van der Waals surface area contributed by atoms with Gasteiger partial charge in [0, 0.05) is 11.4 Å². The highest BCUT2D eigenvalue weighted by Gasteiger charge is 2.50. The van der Waals surface area contributed by atoms with Crippen molar-refractivity contribution >= 4 is 57.4 Å². The molecule has 226 valence electrons. The van der Waals surface area contributed by atoms with Crippen LogP contribution in [0.4, 0.5) is 35.0 Å². The van der Waals surface area contributed by atoms with E-state index in [1.807, 2.05) is 0 Å². The number of carbonyl (C=O) groups excluding carboxylic acids is 2. The minimum absolute atomic E-state index is 0.0297. The molecule has 0 aliphatic carbocycles. The van der Waals surface area contributed by atoms with Gasteiger partial charge >= 0.3 is 6.16 Å². The van der Waals surface area contributed by atoms with Gasteiger partial charge in [0.15, 0.2) is 22.4 Å². The first-order chi connectivity index (χ1) is 20.0. The highest BCUT2D eigenvalue weighted by molar-refractivity contribution is 7.81. The monoisotopic (exact) mass is 615 g/mol. The average molecular weight is 616 g/mol. The first kappa shape index (κ1) is 31.4. The number of hydrogen-bond donors (Lipinski definition) is 0. The number of halogens is 3. The van der Waals surface area contributed by atoms with Crippen LogP contribution >= 0.6 is 12.2 Å². The quantitative estimate of drug-likeness (QED) is 0.123. The minimum atomic E-state index is -3.13. The minimum Gasteiger partial charge on any atom is -0.474 e. The van der Waals surface area contributed by atoms with E-state index in [-0.39, 0.29) is 35.3 Å². The third kappa shape index (κ3) is 6.31. The first-order valence-electron chi connectivity index (χ1n) is 13.0. The summed E-state index contributed by atoms with van der Waals surface area (Å²) in [6, 6.07) is 7.25. The Morgan fingerprint density at radius 2 is 1.84 bits per heavy atom. The normalized spacial score (nSPS) is 14.8. The van der Waals surface area contributed by atoms with Crippen molar-refractivity contribution in [3.05, 3.63) is 59.0 Å². The van der Waals surface area contributed by atoms with E-state index in [9.17, 15) is 18.4 Å². The van der Waals surface area contributed by atoms with Crippen molar-refractivity contribution in [1.82, 2.24) is 9.97 Å². The molecule has 1 aromatic heterocycles. The summed E-state index contributed by atoms with van der Waals surface area (Å²) < 4.78 is 58.3. The van der Waals surface area contributed by atoms with Crippen molar-refractivity contribution in [2.75, 3.05) is 23.0 Å². The van der Waals surface area contributed by atoms with Crippen molar-refractivity contribution in [1.29, 1.82) is 0 Å². The number of rotatable bonds is 7. The second kappa shape index (κ2) is 11.6. The Kier molecular flexibility index (Phi) is 8.51. The molecule has 14 heteroatoms. The predicted octanol–water partition coefficient (Wildman–Crippen LogP) is 6.81. The second-order valence-electron chi connectivity index (χ2n) is 11.1. The Hall–Kier alpha value is -4.51. The lowest BCUT2D eigenvalue weighted by Crippen LogP contribution is -2.44. The summed E-state index contributed by atoms with van der Waals surface area (Å²) in [4.78, 5) is 39.0. The van der Waals surface area contributed by atoms with Crippen molar-refractivity contribution in [3.8, 4) is 5.88 Å². The molecular weight excluding hydrogens is 587 g/mol. The summed E-state index contributed by atoms with van der Waals surface area (Å²) in [7, 11) is 0. The molecule has 43 heavy (non-hydrogen) atoms. The van der Waals surface area contributed by atoms with Crippen LogP contribution in [0.2, 0.25) is 0 Å². The van der Waals surface area contributed by atoms with Crippen molar-refractivity contribution < 1.29 is 37.0 Å². The smallest absolute Gasteiger partial charge is 0.474 e. The molecule has 0 atom stereocenters. The highest BCUT2D eigenvalue weighted by atomic mass is 32.1. The van der Waals surface area contributed by atoms with Gasteiger partial charge in [0.25, 0.3) is 12.3 Å². The number of nitrogens with zero attached hydrogens (tertiary/aromatic N) is 5. The Balaban J connectivity index is 1.71. The molecule has 1 amide bonds. The van der Waals surface area contributed by atoms with E-state index < -0.39 is 46.8 Å². The Labute approximate surface area is 251 Å². The maximum absolute atomic E-state index is 15.5. The molecule has 2 aromatic carbocycles. The zero-order valence-electron chi connectivity index (χ0n) is 24.2. The number of ether oxygens (including phenoxy) is 3. The molecule has 10 nitrogen and oxygen atoms in total. The van der Waals surface area contributed by atoms with Crippen LogP contribution in [-0.2, 0) is 14.3 Å². The van der Waals surface area contributed by atoms with E-state index >= 15 is 4.39 Å². The third-order valence-electron chi connectivity index (χ3n) is 6.33. The molecular formula is C29H28F3N5O5S. The second-order valence-corrected chi connectivity index (χ2v) is 11.4. The Morgan fingerprint density at radius 1 is 1.14 bits per heavy atom. The van der Waals surface area contributed by atoms with E-state index in [2.05, 4.69) is 14.8 Å². The lowest BCUT2D eigenvalue weighted by molar-refractivity contribution is -0.120. The number of thiocarbonyl (C=S) groups is 1. The molecule has 1 aliphatic rings. The fraction of sp³-hybridized carbons (Fsp3) is 0.379. The number of hydrogen-bond acceptors (Lipinski definition) is 8. The summed E-state index contributed by atoms with van der Waals surface area (Å²) in [5, 5.41) is -0.0412. The van der Waals surface area contributed by atoms with Gasteiger partial charge in [0.2, 0.25) is 5.88 Å². The SMILES string of the molecule is [C-]#[N+]c1ccc(N2C(=O)C(C)(C)N(c3cc(F)c4nc(C(F)F)nc(OCCOC(=O)OC(C)(C)C)c4c3)C2=S)cc1C. The molecule has 0 radical (unpaired) electrons. The van der Waals surface area contributed by atoms with Gasteiger partial charge in [-0.05, 0) is 83.6 Å². The van der Waals surface area contributed by atoms with Gasteiger partial charge in [-0.1, -0.05) is 6.07 Å². The molecule has 3 aromatic rings. The number of alkyl halides is 2. The molecule has 0 spiro atoms. The van der Waals surface area contributed by atoms with Gasteiger partial charge < -0.3 is 19.1 Å². The molecule has 0 saturated carbocycles. The zero-order valence-corrected chi connectivity index (χ0v) is 25.0. The summed E-state index contributed by atoms with van der Waals surface area (Å²) in [5.41, 5.74) is -0.920. The molecule has 4 rings (SSSR count). The van der Waals surface area contributed by atoms with E-state index in [4.69, 9.17) is 33.0 Å². The maximum Gasteiger partial charge on any atom is 0.508 e. The zero-order chi connectivity index (χ0) is 31.9. The fourth-order valence-corrected chi connectivity index (χ4v) is 4.93. The molecule has 1 aliphatic heterocycles. The van der Waals surface area contributed by atoms with E-state index in [0.717, 1.165) is 6.07 Å². The number of aryl methyl sites for hydroxylation is 1. The molecule has 1 saturated heterocycles. The average Bonchev–Trinajstić information content (AvgIpc) is 3.08. The van der Waals surface area contributed by atoms with Crippen molar-refractivity contribution in [2.45, 2.75) is 59.1 Å². The van der Waals surface area contributed by atoms with Gasteiger partial charge in [-0.15, -0.1) is 0 Å².